The third-order valence-corrected chi connectivity index (χ3v) is 3.77. The molecule has 0 fully saturated rings. The number of aromatic nitrogens is 2. The first kappa shape index (κ1) is 15.9. The van der Waals surface area contributed by atoms with Gasteiger partial charge in [-0.05, 0) is 45.0 Å². The number of aromatic hydroxyl groups is 1. The van der Waals surface area contributed by atoms with Crippen LogP contribution >= 0.6 is 0 Å². The van der Waals surface area contributed by atoms with Crippen molar-refractivity contribution in [1.29, 1.82) is 0 Å². The van der Waals surface area contributed by atoms with Gasteiger partial charge >= 0.3 is 0 Å². The van der Waals surface area contributed by atoms with Crippen LogP contribution in [-0.4, -0.2) is 20.6 Å². The van der Waals surface area contributed by atoms with E-state index in [9.17, 15) is 9.90 Å². The summed E-state index contributed by atoms with van der Waals surface area (Å²) in [5.41, 5.74) is 2.55. The molecular formula is C18H18N4O2. The molecule has 0 atom stereocenters. The first-order valence-electron chi connectivity index (χ1n) is 7.68. The fourth-order valence-electron chi connectivity index (χ4n) is 2.66. The zero-order valence-corrected chi connectivity index (χ0v) is 13.8. The molecule has 0 radical (unpaired) electrons. The zero-order chi connectivity index (χ0) is 17.3. The lowest BCUT2D eigenvalue weighted by Crippen LogP contribution is -1.99. The van der Waals surface area contributed by atoms with Gasteiger partial charge in [0.1, 0.15) is 0 Å². The molecule has 2 aromatic heterocycles. The zero-order valence-electron chi connectivity index (χ0n) is 13.8. The molecule has 1 amide bonds. The number of pyridine rings is 1. The molecule has 0 saturated carbocycles. The normalized spacial score (nSPS) is 11.7. The largest absolute Gasteiger partial charge is 0.493 e. The van der Waals surface area contributed by atoms with Gasteiger partial charge in [-0.3, -0.25) is 9.78 Å². The van der Waals surface area contributed by atoms with Crippen LogP contribution in [0.1, 0.15) is 35.8 Å². The molecule has 0 saturated heterocycles. The van der Waals surface area contributed by atoms with Crippen LogP contribution in [0.3, 0.4) is 0 Å². The molecule has 0 spiro atoms. The Kier molecular flexibility index (Phi) is 4.12. The maximum atomic E-state index is 12.1. The van der Waals surface area contributed by atoms with Crippen LogP contribution < -0.4 is 0 Å². The topological polar surface area (TPSA) is 79.8 Å². The minimum absolute atomic E-state index is 0.00772. The predicted octanol–water partition coefficient (Wildman–Crippen LogP) is 4.56. The van der Waals surface area contributed by atoms with E-state index in [1.54, 1.807) is 22.9 Å². The van der Waals surface area contributed by atoms with E-state index in [0.29, 0.717) is 11.3 Å². The van der Waals surface area contributed by atoms with Crippen molar-refractivity contribution in [3.8, 4) is 5.88 Å². The van der Waals surface area contributed by atoms with E-state index in [4.69, 9.17) is 0 Å². The predicted molar refractivity (Wildman–Crippen MR) is 91.8 cm³/mol. The van der Waals surface area contributed by atoms with E-state index in [-0.39, 0.29) is 11.9 Å². The summed E-state index contributed by atoms with van der Waals surface area (Å²) < 4.78 is 1.78. The number of hydrogen-bond donors (Lipinski definition) is 1. The highest BCUT2D eigenvalue weighted by atomic mass is 16.3. The molecular weight excluding hydrogens is 304 g/mol. The van der Waals surface area contributed by atoms with Crippen LogP contribution in [0.2, 0.25) is 0 Å². The summed E-state index contributed by atoms with van der Waals surface area (Å²) in [4.78, 5) is 16.0. The summed E-state index contributed by atoms with van der Waals surface area (Å²) in [6.07, 6.45) is 3.02. The fraction of sp³-hybridized carbons (Fsp3) is 0.222. The Bertz CT molecular complexity index is 927. The minimum Gasteiger partial charge on any atom is -0.493 e. The Balaban J connectivity index is 2.09. The highest BCUT2D eigenvalue weighted by Gasteiger charge is 2.19. The van der Waals surface area contributed by atoms with Crippen LogP contribution in [0, 0.1) is 6.92 Å². The maximum absolute atomic E-state index is 12.1. The number of benzene rings is 1. The highest BCUT2D eigenvalue weighted by Crippen LogP contribution is 2.41. The quantitative estimate of drug-likeness (QED) is 0.718. The number of aryl methyl sites for hydroxylation is 1. The van der Waals surface area contributed by atoms with Gasteiger partial charge in [-0.15, -0.1) is 10.2 Å². The van der Waals surface area contributed by atoms with Crippen LogP contribution in [0.5, 0.6) is 5.88 Å². The summed E-state index contributed by atoms with van der Waals surface area (Å²) in [5, 5.41) is 19.1. The standard InChI is InChI=1S/C18H18N4O2/c1-11(2)22-15-7-6-12(3)9-14(15)16(18(22)24)20-21-17(23)13-5-4-8-19-10-13/h4-11,24H,1-3H3. The van der Waals surface area contributed by atoms with Crippen molar-refractivity contribution in [2.24, 2.45) is 10.2 Å². The number of carbonyl (C=O) groups excluding carboxylic acids is 1. The van der Waals surface area contributed by atoms with Gasteiger partial charge in [0.25, 0.3) is 5.91 Å². The smallest absolute Gasteiger partial charge is 0.296 e. The van der Waals surface area contributed by atoms with Gasteiger partial charge in [0.15, 0.2) is 5.69 Å². The summed E-state index contributed by atoms with van der Waals surface area (Å²) in [5.74, 6) is -0.492. The molecule has 0 aliphatic rings. The van der Waals surface area contributed by atoms with Crippen molar-refractivity contribution < 1.29 is 9.90 Å². The van der Waals surface area contributed by atoms with Gasteiger partial charge < -0.3 is 9.67 Å². The number of azo groups is 1. The SMILES string of the molecule is Cc1ccc2c(c1)c(N=NC(=O)c1cccnc1)c(O)n2C(C)C. The fourth-order valence-corrected chi connectivity index (χ4v) is 2.66. The van der Waals surface area contributed by atoms with Crippen molar-refractivity contribution in [2.75, 3.05) is 0 Å². The summed E-state index contributed by atoms with van der Waals surface area (Å²) in [6, 6.07) is 9.17. The Morgan fingerprint density at radius 3 is 2.75 bits per heavy atom. The Hall–Kier alpha value is -3.02. The van der Waals surface area contributed by atoms with Crippen molar-refractivity contribution in [2.45, 2.75) is 26.8 Å². The molecule has 1 N–H and O–H groups in total. The summed E-state index contributed by atoms with van der Waals surface area (Å²) in [7, 11) is 0. The molecule has 6 heteroatoms. The lowest BCUT2D eigenvalue weighted by atomic mass is 10.1. The first-order chi connectivity index (χ1) is 11.5. The monoisotopic (exact) mass is 322 g/mol. The van der Waals surface area contributed by atoms with E-state index >= 15 is 0 Å². The Morgan fingerprint density at radius 2 is 2.08 bits per heavy atom. The number of fused-ring (bicyclic) bond motifs is 1. The molecule has 1 aromatic carbocycles. The van der Waals surface area contributed by atoms with E-state index in [2.05, 4.69) is 15.2 Å². The molecule has 0 aliphatic heterocycles. The van der Waals surface area contributed by atoms with Gasteiger partial charge in [-0.25, -0.2) is 0 Å². The van der Waals surface area contributed by atoms with Gasteiger partial charge in [-0.2, -0.15) is 0 Å². The first-order valence-corrected chi connectivity index (χ1v) is 7.68. The second kappa shape index (κ2) is 6.23. The molecule has 0 aliphatic carbocycles. The van der Waals surface area contributed by atoms with E-state index < -0.39 is 5.91 Å². The average molecular weight is 322 g/mol. The molecule has 24 heavy (non-hydrogen) atoms. The van der Waals surface area contributed by atoms with Gasteiger partial charge in [0, 0.05) is 23.8 Å². The van der Waals surface area contributed by atoms with Crippen LogP contribution in [-0.2, 0) is 0 Å². The van der Waals surface area contributed by atoms with Crippen LogP contribution in [0.25, 0.3) is 10.9 Å². The number of rotatable bonds is 3. The molecule has 3 rings (SSSR count). The number of hydrogen-bond acceptors (Lipinski definition) is 4. The summed E-state index contributed by atoms with van der Waals surface area (Å²) >= 11 is 0. The van der Waals surface area contributed by atoms with E-state index in [1.165, 1.54) is 6.20 Å². The number of amides is 1. The molecule has 122 valence electrons. The summed E-state index contributed by atoms with van der Waals surface area (Å²) in [6.45, 7) is 5.91. The average Bonchev–Trinajstić information content (AvgIpc) is 2.84. The lowest BCUT2D eigenvalue weighted by molar-refractivity contribution is 0.0994. The van der Waals surface area contributed by atoms with Gasteiger partial charge in [0.2, 0.25) is 5.88 Å². The van der Waals surface area contributed by atoms with Gasteiger partial charge in [-0.1, -0.05) is 11.6 Å². The molecule has 6 nitrogen and oxygen atoms in total. The van der Waals surface area contributed by atoms with Crippen molar-refractivity contribution in [1.82, 2.24) is 9.55 Å². The number of carbonyl (C=O) groups is 1. The van der Waals surface area contributed by atoms with Crippen molar-refractivity contribution in [3.05, 3.63) is 53.9 Å². The highest BCUT2D eigenvalue weighted by molar-refractivity contribution is 5.97. The molecule has 2 heterocycles. The van der Waals surface area contributed by atoms with Crippen molar-refractivity contribution in [3.63, 3.8) is 0 Å². The van der Waals surface area contributed by atoms with Gasteiger partial charge in [0.05, 0.1) is 11.1 Å². The maximum Gasteiger partial charge on any atom is 0.296 e. The second-order valence-electron chi connectivity index (χ2n) is 5.90. The Labute approximate surface area is 139 Å². The molecule has 3 aromatic rings. The molecule has 0 unspecified atom stereocenters. The number of nitrogens with zero attached hydrogens (tertiary/aromatic N) is 4. The van der Waals surface area contributed by atoms with Crippen LogP contribution in [0.4, 0.5) is 5.69 Å². The third kappa shape index (κ3) is 2.78. The van der Waals surface area contributed by atoms with E-state index in [0.717, 1.165) is 16.5 Å². The third-order valence-electron chi connectivity index (χ3n) is 3.77. The Morgan fingerprint density at radius 1 is 1.29 bits per heavy atom. The van der Waals surface area contributed by atoms with Crippen LogP contribution in [0.15, 0.2) is 53.0 Å². The van der Waals surface area contributed by atoms with E-state index in [1.807, 2.05) is 39.0 Å². The lowest BCUT2D eigenvalue weighted by Gasteiger charge is -2.10. The second-order valence-corrected chi connectivity index (χ2v) is 5.90. The molecule has 0 bridgehead atoms. The van der Waals surface area contributed by atoms with Crippen molar-refractivity contribution >= 4 is 22.5 Å². The minimum atomic E-state index is -0.499.